The molecule has 1 heterocycles. The third-order valence-corrected chi connectivity index (χ3v) is 2.18. The second-order valence-electron chi connectivity index (χ2n) is 3.09. The van der Waals surface area contributed by atoms with Gasteiger partial charge in [-0.2, -0.15) is 4.99 Å². The predicted molar refractivity (Wildman–Crippen MR) is 55.8 cm³/mol. The van der Waals surface area contributed by atoms with Gasteiger partial charge in [0.05, 0.1) is 0 Å². The minimum atomic E-state index is -0.427. The summed E-state index contributed by atoms with van der Waals surface area (Å²) in [5.41, 5.74) is 0.667. The van der Waals surface area contributed by atoms with Crippen molar-refractivity contribution in [1.82, 2.24) is 5.32 Å². The summed E-state index contributed by atoms with van der Waals surface area (Å²) >= 11 is 5.71. The number of nitrogens with zero attached hydrogens (tertiary/aromatic N) is 1. The molecular weight excluding hydrogens is 216 g/mol. The molecule has 1 aliphatic heterocycles. The molecule has 0 radical (unpaired) electrons. The van der Waals surface area contributed by atoms with Crippen LogP contribution >= 0.6 is 11.6 Å². The van der Waals surface area contributed by atoms with Crippen LogP contribution < -0.4 is 5.32 Å². The van der Waals surface area contributed by atoms with Gasteiger partial charge in [0.25, 0.3) is 5.91 Å². The lowest BCUT2D eigenvalue weighted by atomic mass is 10.2. The Kier molecular flexibility index (Phi) is 2.51. The predicted octanol–water partition coefficient (Wildman–Crippen LogP) is 1.13. The van der Waals surface area contributed by atoms with E-state index in [9.17, 15) is 9.59 Å². The number of amides is 2. The van der Waals surface area contributed by atoms with Crippen LogP contribution in [0, 0.1) is 0 Å². The van der Waals surface area contributed by atoms with E-state index in [4.69, 9.17) is 11.6 Å². The minimum Gasteiger partial charge on any atom is -0.310 e. The summed E-state index contributed by atoms with van der Waals surface area (Å²) in [6.45, 7) is 0. The van der Waals surface area contributed by atoms with Crippen LogP contribution in [0.2, 0.25) is 5.02 Å². The second-order valence-corrected chi connectivity index (χ2v) is 3.52. The Labute approximate surface area is 91.0 Å². The first-order chi connectivity index (χ1) is 7.15. The van der Waals surface area contributed by atoms with Crippen LogP contribution in [0.15, 0.2) is 29.3 Å². The topological polar surface area (TPSA) is 58.5 Å². The molecule has 15 heavy (non-hydrogen) atoms. The number of aliphatic imine (C=N–C) groups is 1. The van der Waals surface area contributed by atoms with Crippen molar-refractivity contribution in [1.29, 1.82) is 0 Å². The molecule has 0 aromatic heterocycles. The van der Waals surface area contributed by atoms with Crippen molar-refractivity contribution < 1.29 is 9.59 Å². The smallest absolute Gasteiger partial charge is 0.257 e. The van der Waals surface area contributed by atoms with Gasteiger partial charge in [-0.3, -0.25) is 9.59 Å². The van der Waals surface area contributed by atoms with Crippen molar-refractivity contribution in [2.24, 2.45) is 4.99 Å². The molecule has 2 amide bonds. The van der Waals surface area contributed by atoms with Gasteiger partial charge in [0.2, 0.25) is 5.91 Å². The van der Waals surface area contributed by atoms with E-state index in [-0.39, 0.29) is 18.2 Å². The zero-order chi connectivity index (χ0) is 10.8. The maximum atomic E-state index is 11.1. The number of carbonyl (C=O) groups excluding carboxylic acids is 2. The Bertz CT molecular complexity index is 451. The molecule has 1 aliphatic rings. The molecule has 2 rings (SSSR count). The highest BCUT2D eigenvalue weighted by Crippen LogP contribution is 2.11. The molecule has 0 bridgehead atoms. The van der Waals surface area contributed by atoms with Crippen LogP contribution in [0.4, 0.5) is 0 Å². The van der Waals surface area contributed by atoms with Crippen LogP contribution in [0.5, 0.6) is 0 Å². The lowest BCUT2D eigenvalue weighted by molar-refractivity contribution is -0.127. The Balaban J connectivity index is 2.34. The van der Waals surface area contributed by atoms with E-state index in [0.717, 1.165) is 0 Å². The molecule has 0 atom stereocenters. The van der Waals surface area contributed by atoms with Gasteiger partial charge in [-0.25, -0.2) is 0 Å². The quantitative estimate of drug-likeness (QED) is 0.725. The van der Waals surface area contributed by atoms with Crippen molar-refractivity contribution in [3.8, 4) is 0 Å². The standard InChI is InChI=1S/C10H7ClN2O2/c11-7-3-1-6(2-4-7)10-12-8(14)5-9(15)13-10/h1-4H,5H2,(H,12,13,14,15). The van der Waals surface area contributed by atoms with Gasteiger partial charge in [-0.15, -0.1) is 0 Å². The number of hydrogen-bond donors (Lipinski definition) is 1. The second kappa shape index (κ2) is 3.82. The van der Waals surface area contributed by atoms with Crippen molar-refractivity contribution in [2.75, 3.05) is 0 Å². The van der Waals surface area contributed by atoms with Crippen molar-refractivity contribution in [3.63, 3.8) is 0 Å². The third-order valence-electron chi connectivity index (χ3n) is 1.92. The van der Waals surface area contributed by atoms with Gasteiger partial charge in [0.15, 0.2) is 0 Å². The van der Waals surface area contributed by atoms with E-state index in [1.807, 2.05) is 0 Å². The first kappa shape index (κ1) is 9.86. The zero-order valence-electron chi connectivity index (χ0n) is 7.66. The molecular formula is C10H7ClN2O2. The number of halogens is 1. The number of rotatable bonds is 1. The molecule has 1 aromatic carbocycles. The monoisotopic (exact) mass is 222 g/mol. The number of nitrogens with one attached hydrogen (secondary N) is 1. The molecule has 1 N–H and O–H groups in total. The third kappa shape index (κ3) is 2.22. The molecule has 5 heteroatoms. The van der Waals surface area contributed by atoms with Crippen LogP contribution in [0.1, 0.15) is 12.0 Å². The average Bonchev–Trinajstić information content (AvgIpc) is 2.17. The molecule has 0 saturated carbocycles. The molecule has 0 unspecified atom stereocenters. The molecule has 0 spiro atoms. The molecule has 76 valence electrons. The Hall–Kier alpha value is -1.68. The molecule has 0 saturated heterocycles. The summed E-state index contributed by atoms with van der Waals surface area (Å²) in [5, 5.41) is 3.12. The first-order valence-corrected chi connectivity index (χ1v) is 4.70. The van der Waals surface area contributed by atoms with E-state index in [1.165, 1.54) is 0 Å². The summed E-state index contributed by atoms with van der Waals surface area (Å²) in [6.07, 6.45) is -0.183. The zero-order valence-corrected chi connectivity index (χ0v) is 8.41. The summed E-state index contributed by atoms with van der Waals surface area (Å²) in [7, 11) is 0. The molecule has 4 nitrogen and oxygen atoms in total. The first-order valence-electron chi connectivity index (χ1n) is 4.32. The van der Waals surface area contributed by atoms with E-state index >= 15 is 0 Å². The van der Waals surface area contributed by atoms with E-state index in [2.05, 4.69) is 10.3 Å². The molecule has 0 aliphatic carbocycles. The highest BCUT2D eigenvalue weighted by atomic mass is 35.5. The highest BCUT2D eigenvalue weighted by Gasteiger charge is 2.18. The van der Waals surface area contributed by atoms with Gasteiger partial charge >= 0.3 is 0 Å². The normalized spacial score (nSPS) is 15.9. The maximum Gasteiger partial charge on any atom is 0.257 e. The molecule has 0 fully saturated rings. The van der Waals surface area contributed by atoms with Crippen molar-refractivity contribution >= 4 is 29.3 Å². The number of carbonyl (C=O) groups is 2. The summed E-state index contributed by atoms with van der Waals surface area (Å²) in [6, 6.07) is 6.73. The van der Waals surface area contributed by atoms with Crippen LogP contribution in [-0.4, -0.2) is 17.6 Å². The van der Waals surface area contributed by atoms with Gasteiger partial charge in [-0.1, -0.05) is 11.6 Å². The fraction of sp³-hybridized carbons (Fsp3) is 0.100. The number of amidine groups is 1. The SMILES string of the molecule is O=C1CC(=O)NC(c2ccc(Cl)cc2)=N1. The van der Waals surface area contributed by atoms with E-state index in [1.54, 1.807) is 24.3 Å². The summed E-state index contributed by atoms with van der Waals surface area (Å²) in [4.78, 5) is 25.9. The number of benzene rings is 1. The van der Waals surface area contributed by atoms with Crippen molar-refractivity contribution in [2.45, 2.75) is 6.42 Å². The fourth-order valence-electron chi connectivity index (χ4n) is 1.25. The highest BCUT2D eigenvalue weighted by molar-refractivity contribution is 6.30. The van der Waals surface area contributed by atoms with Gasteiger partial charge in [0.1, 0.15) is 12.3 Å². The Morgan fingerprint density at radius 2 is 1.87 bits per heavy atom. The Morgan fingerprint density at radius 3 is 2.47 bits per heavy atom. The van der Waals surface area contributed by atoms with Gasteiger partial charge < -0.3 is 5.32 Å². The molecule has 1 aromatic rings. The minimum absolute atomic E-state index is 0.183. The van der Waals surface area contributed by atoms with Crippen LogP contribution in [0.25, 0.3) is 0 Å². The van der Waals surface area contributed by atoms with Crippen molar-refractivity contribution in [3.05, 3.63) is 34.9 Å². The van der Waals surface area contributed by atoms with Crippen LogP contribution in [0.3, 0.4) is 0 Å². The lowest BCUT2D eigenvalue weighted by Gasteiger charge is -2.12. The summed E-state index contributed by atoms with van der Waals surface area (Å²) in [5.74, 6) is -0.475. The summed E-state index contributed by atoms with van der Waals surface area (Å²) < 4.78 is 0. The fourth-order valence-corrected chi connectivity index (χ4v) is 1.38. The Morgan fingerprint density at radius 1 is 1.20 bits per heavy atom. The van der Waals surface area contributed by atoms with Gasteiger partial charge in [-0.05, 0) is 24.3 Å². The lowest BCUT2D eigenvalue weighted by Crippen LogP contribution is -2.37. The van der Waals surface area contributed by atoms with E-state index < -0.39 is 5.91 Å². The number of hydrogen-bond acceptors (Lipinski definition) is 2. The van der Waals surface area contributed by atoms with Gasteiger partial charge in [0, 0.05) is 10.6 Å². The largest absolute Gasteiger partial charge is 0.310 e. The maximum absolute atomic E-state index is 11.1. The average molecular weight is 223 g/mol. The van der Waals surface area contributed by atoms with E-state index in [0.29, 0.717) is 10.6 Å². The van der Waals surface area contributed by atoms with Crippen LogP contribution in [-0.2, 0) is 9.59 Å².